The first kappa shape index (κ1) is 31.6. The number of benzene rings is 3. The SMILES string of the molecule is CCOc1ccc(/C=C2\CCC[C@@H]3C2=NN(C(=O)CN2N=N[C@@H]4C(=O)N(c5ccc(Cl)cc5)C(=O)[C@H]42)[C@@H]3c2ccc(OCC)cc2)cc1. The van der Waals surface area contributed by atoms with Gasteiger partial charge in [0.2, 0.25) is 0 Å². The molecular formula is C36H35ClN6O5. The third kappa shape index (κ3) is 5.83. The van der Waals surface area contributed by atoms with Crippen molar-refractivity contribution in [1.29, 1.82) is 0 Å². The molecule has 3 aromatic rings. The standard InChI is InChI=1S/C36H35ClN6O5/c1-3-47-27-16-8-22(9-17-27)20-24-6-5-7-29-31(24)39-43(33(29)23-10-18-28(19-11-23)48-4-2)30(44)21-41-34-32(38-40-41)35(45)42(36(34)46)26-14-12-25(37)13-15-26/h8-20,29,32-34H,3-7,21H2,1-2H3/b24-20+/t29-,32+,33-,34+/m1/s1. The Morgan fingerprint density at radius 1 is 0.896 bits per heavy atom. The van der Waals surface area contributed by atoms with Crippen molar-refractivity contribution >= 4 is 46.8 Å². The van der Waals surface area contributed by atoms with Crippen LogP contribution in [-0.2, 0) is 14.4 Å². The molecule has 4 atom stereocenters. The zero-order valence-electron chi connectivity index (χ0n) is 26.7. The van der Waals surface area contributed by atoms with Gasteiger partial charge < -0.3 is 9.47 Å². The summed E-state index contributed by atoms with van der Waals surface area (Å²) in [5.41, 5.74) is 4.31. The van der Waals surface area contributed by atoms with E-state index in [9.17, 15) is 14.4 Å². The van der Waals surface area contributed by atoms with Gasteiger partial charge in [0.15, 0.2) is 12.1 Å². The summed E-state index contributed by atoms with van der Waals surface area (Å²) in [5, 5.41) is 16.6. The maximum absolute atomic E-state index is 14.2. The van der Waals surface area contributed by atoms with Crippen LogP contribution in [0.5, 0.6) is 11.5 Å². The molecule has 0 spiro atoms. The maximum atomic E-state index is 14.2. The van der Waals surface area contributed by atoms with Crippen molar-refractivity contribution in [2.45, 2.75) is 51.2 Å². The summed E-state index contributed by atoms with van der Waals surface area (Å²) in [6.45, 7) is 4.76. The van der Waals surface area contributed by atoms with Gasteiger partial charge in [0.1, 0.15) is 18.0 Å². The minimum Gasteiger partial charge on any atom is -0.494 e. The Kier molecular flexibility index (Phi) is 8.70. The highest BCUT2D eigenvalue weighted by Crippen LogP contribution is 2.45. The summed E-state index contributed by atoms with van der Waals surface area (Å²) in [4.78, 5) is 42.1. The van der Waals surface area contributed by atoms with Gasteiger partial charge in [0, 0.05) is 10.9 Å². The number of amides is 3. The monoisotopic (exact) mass is 666 g/mol. The quantitative estimate of drug-likeness (QED) is 0.249. The lowest BCUT2D eigenvalue weighted by Crippen LogP contribution is -2.45. The molecule has 3 heterocycles. The van der Waals surface area contributed by atoms with Gasteiger partial charge in [-0.15, -0.1) is 0 Å². The van der Waals surface area contributed by atoms with Crippen molar-refractivity contribution in [2.24, 2.45) is 21.4 Å². The fourth-order valence-corrected chi connectivity index (χ4v) is 7.03. The van der Waals surface area contributed by atoms with Gasteiger partial charge in [0.25, 0.3) is 17.7 Å². The van der Waals surface area contributed by atoms with E-state index < -0.39 is 23.9 Å². The third-order valence-electron chi connectivity index (χ3n) is 9.06. The number of rotatable bonds is 9. The first-order chi connectivity index (χ1) is 23.4. The molecular weight excluding hydrogens is 632 g/mol. The Morgan fingerprint density at radius 2 is 1.56 bits per heavy atom. The Bertz CT molecular complexity index is 1810. The molecule has 1 saturated heterocycles. The summed E-state index contributed by atoms with van der Waals surface area (Å²) in [6, 6.07) is 19.7. The molecule has 0 aromatic heterocycles. The van der Waals surface area contributed by atoms with Gasteiger partial charge in [-0.05, 0) is 104 Å². The van der Waals surface area contributed by atoms with Gasteiger partial charge in [-0.3, -0.25) is 19.4 Å². The van der Waals surface area contributed by atoms with Gasteiger partial charge in [-0.1, -0.05) is 41.1 Å². The number of nitrogens with zero attached hydrogens (tertiary/aromatic N) is 6. The number of hydrogen-bond acceptors (Lipinski definition) is 9. The number of carbonyl (C=O) groups excluding carboxylic acids is 3. The van der Waals surface area contributed by atoms with Crippen LogP contribution in [0.25, 0.3) is 6.08 Å². The zero-order valence-corrected chi connectivity index (χ0v) is 27.4. The van der Waals surface area contributed by atoms with Gasteiger partial charge >= 0.3 is 0 Å². The van der Waals surface area contributed by atoms with Crippen LogP contribution in [0.4, 0.5) is 5.69 Å². The van der Waals surface area contributed by atoms with Crippen molar-refractivity contribution in [3.8, 4) is 11.5 Å². The second-order valence-electron chi connectivity index (χ2n) is 12.0. The van der Waals surface area contributed by atoms with Gasteiger partial charge in [-0.2, -0.15) is 10.2 Å². The average molecular weight is 667 g/mol. The topological polar surface area (TPSA) is 116 Å². The van der Waals surface area contributed by atoms with Crippen LogP contribution in [0.3, 0.4) is 0 Å². The van der Waals surface area contributed by atoms with E-state index in [0.717, 1.165) is 58.1 Å². The van der Waals surface area contributed by atoms with Crippen LogP contribution < -0.4 is 14.4 Å². The van der Waals surface area contributed by atoms with Crippen LogP contribution in [0.2, 0.25) is 5.02 Å². The molecule has 0 N–H and O–H groups in total. The van der Waals surface area contributed by atoms with Crippen LogP contribution >= 0.6 is 11.6 Å². The molecule has 3 aromatic carbocycles. The van der Waals surface area contributed by atoms with Crippen molar-refractivity contribution in [1.82, 2.24) is 10.0 Å². The van der Waals surface area contributed by atoms with Crippen molar-refractivity contribution < 1.29 is 23.9 Å². The number of hydrogen-bond donors (Lipinski definition) is 0. The number of carbonyl (C=O) groups is 3. The molecule has 12 heteroatoms. The molecule has 246 valence electrons. The summed E-state index contributed by atoms with van der Waals surface area (Å²) in [7, 11) is 0. The van der Waals surface area contributed by atoms with Crippen LogP contribution in [0.1, 0.15) is 50.3 Å². The first-order valence-electron chi connectivity index (χ1n) is 16.2. The van der Waals surface area contributed by atoms with E-state index >= 15 is 0 Å². The van der Waals surface area contributed by atoms with Crippen LogP contribution in [0, 0.1) is 5.92 Å². The summed E-state index contributed by atoms with van der Waals surface area (Å²) >= 11 is 6.02. The lowest BCUT2D eigenvalue weighted by atomic mass is 9.77. The number of anilines is 1. The Balaban J connectivity index is 1.18. The molecule has 0 bridgehead atoms. The molecule has 4 aliphatic rings. The predicted octanol–water partition coefficient (Wildman–Crippen LogP) is 6.25. The Hall–Kier alpha value is -5.03. The van der Waals surface area contributed by atoms with E-state index in [1.54, 1.807) is 24.3 Å². The third-order valence-corrected chi connectivity index (χ3v) is 9.31. The molecule has 11 nitrogen and oxygen atoms in total. The van der Waals surface area contributed by atoms with E-state index in [2.05, 4.69) is 16.4 Å². The van der Waals surface area contributed by atoms with Gasteiger partial charge in [0.05, 0.1) is 30.7 Å². The van der Waals surface area contributed by atoms with E-state index in [1.165, 1.54) is 10.0 Å². The number of allylic oxidation sites excluding steroid dienone is 1. The Labute approximate surface area is 283 Å². The molecule has 7 rings (SSSR count). The second-order valence-corrected chi connectivity index (χ2v) is 12.5. The molecule has 0 radical (unpaired) electrons. The number of halogens is 1. The number of ether oxygens (including phenoxy) is 2. The Morgan fingerprint density at radius 3 is 2.23 bits per heavy atom. The fourth-order valence-electron chi connectivity index (χ4n) is 6.91. The number of hydrazone groups is 1. The van der Waals surface area contributed by atoms with E-state index in [0.29, 0.717) is 23.9 Å². The minimum atomic E-state index is -1.03. The van der Waals surface area contributed by atoms with Crippen molar-refractivity contribution in [2.75, 3.05) is 24.7 Å². The average Bonchev–Trinajstić information content (AvgIpc) is 3.76. The number of fused-ring (bicyclic) bond motifs is 2. The summed E-state index contributed by atoms with van der Waals surface area (Å²) in [5.74, 6) is 0.200. The summed E-state index contributed by atoms with van der Waals surface area (Å²) in [6.07, 6.45) is 4.78. The lowest BCUT2D eigenvalue weighted by Gasteiger charge is -2.30. The van der Waals surface area contributed by atoms with Crippen LogP contribution in [-0.4, -0.2) is 65.3 Å². The fraction of sp³-hybridized carbons (Fsp3) is 0.333. The van der Waals surface area contributed by atoms with Gasteiger partial charge in [-0.25, -0.2) is 9.91 Å². The van der Waals surface area contributed by atoms with Crippen molar-refractivity contribution in [3.63, 3.8) is 0 Å². The van der Waals surface area contributed by atoms with E-state index in [-0.39, 0.29) is 24.4 Å². The molecule has 1 saturated carbocycles. The normalized spacial score (nSPS) is 23.9. The summed E-state index contributed by atoms with van der Waals surface area (Å²) < 4.78 is 11.3. The molecule has 3 aliphatic heterocycles. The second kappa shape index (κ2) is 13.2. The molecule has 48 heavy (non-hydrogen) atoms. The highest BCUT2D eigenvalue weighted by atomic mass is 35.5. The zero-order chi connectivity index (χ0) is 33.4. The minimum absolute atomic E-state index is 0.0300. The highest BCUT2D eigenvalue weighted by Gasteiger charge is 2.55. The predicted molar refractivity (Wildman–Crippen MR) is 181 cm³/mol. The smallest absolute Gasteiger partial charge is 0.264 e. The van der Waals surface area contributed by atoms with E-state index in [4.69, 9.17) is 26.2 Å². The molecule has 1 aliphatic carbocycles. The van der Waals surface area contributed by atoms with Crippen molar-refractivity contribution in [3.05, 3.63) is 94.5 Å². The van der Waals surface area contributed by atoms with Crippen LogP contribution in [0.15, 0.2) is 93.8 Å². The largest absolute Gasteiger partial charge is 0.494 e. The number of imide groups is 1. The molecule has 2 fully saturated rings. The molecule has 0 unspecified atom stereocenters. The lowest BCUT2D eigenvalue weighted by molar-refractivity contribution is -0.136. The molecule has 3 amide bonds. The maximum Gasteiger partial charge on any atom is 0.264 e. The van der Waals surface area contributed by atoms with E-state index in [1.807, 2.05) is 62.4 Å². The first-order valence-corrected chi connectivity index (χ1v) is 16.6. The highest BCUT2D eigenvalue weighted by molar-refractivity contribution is 6.31.